The Hall–Kier alpha value is -1.70. The van der Waals surface area contributed by atoms with Crippen LogP contribution in [0.3, 0.4) is 0 Å². The molecule has 0 amide bonds. The summed E-state index contributed by atoms with van der Waals surface area (Å²) in [5, 5.41) is 12.9. The molecule has 0 spiro atoms. The van der Waals surface area contributed by atoms with Gasteiger partial charge in [-0.3, -0.25) is 10.2 Å². The number of H-pyrrole nitrogens is 2. The molecule has 20 heavy (non-hydrogen) atoms. The Morgan fingerprint density at radius 1 is 1.05 bits per heavy atom. The van der Waals surface area contributed by atoms with Crippen molar-refractivity contribution in [1.82, 2.24) is 30.4 Å². The molecule has 0 fully saturated rings. The predicted molar refractivity (Wildman–Crippen MR) is 68.9 cm³/mol. The lowest BCUT2D eigenvalue weighted by Crippen LogP contribution is -2.13. The molecule has 2 aromatic rings. The zero-order valence-electron chi connectivity index (χ0n) is 11.2. The van der Waals surface area contributed by atoms with Crippen LogP contribution in [0, 0.1) is 0 Å². The van der Waals surface area contributed by atoms with E-state index in [9.17, 15) is 4.57 Å². The molecule has 2 atom stereocenters. The van der Waals surface area contributed by atoms with Crippen LogP contribution in [0.25, 0.3) is 0 Å². The highest BCUT2D eigenvalue weighted by Gasteiger charge is 2.29. The van der Waals surface area contributed by atoms with Crippen molar-refractivity contribution in [3.05, 3.63) is 24.3 Å². The van der Waals surface area contributed by atoms with Crippen LogP contribution in [-0.4, -0.2) is 42.6 Å². The monoisotopic (exact) mass is 299 g/mol. The second kappa shape index (κ2) is 7.18. The Labute approximate surface area is 116 Å². The first-order valence-electron chi connectivity index (χ1n) is 6.12. The van der Waals surface area contributed by atoms with Gasteiger partial charge < -0.3 is 0 Å². The lowest BCUT2D eigenvalue weighted by atomic mass is 10.3. The van der Waals surface area contributed by atoms with E-state index >= 15 is 0 Å². The van der Waals surface area contributed by atoms with Gasteiger partial charge in [0.25, 0.3) is 0 Å². The summed E-state index contributed by atoms with van der Waals surface area (Å²) in [6.07, 6.45) is 3.23. The van der Waals surface area contributed by atoms with Gasteiger partial charge in [-0.05, 0) is 13.8 Å². The second-order valence-electron chi connectivity index (χ2n) is 4.33. The van der Waals surface area contributed by atoms with Crippen molar-refractivity contribution in [2.45, 2.75) is 38.9 Å². The fourth-order valence-electron chi connectivity index (χ4n) is 1.60. The van der Waals surface area contributed by atoms with E-state index in [0.29, 0.717) is 24.5 Å². The standard InChI is InChI=1S/C10H16N6O3P/c1-7(3-9-11-5-13-15-9)18-20(17)19-8(2)4-10-12-6-14-16-10/h5-8H,3-4H2,1-2H3,(H,11,13,15)(H,12,14,16)/q+1. The summed E-state index contributed by atoms with van der Waals surface area (Å²) < 4.78 is 22.3. The summed E-state index contributed by atoms with van der Waals surface area (Å²) in [5.41, 5.74) is 0. The third-order valence-corrected chi connectivity index (χ3v) is 3.49. The van der Waals surface area contributed by atoms with E-state index in [4.69, 9.17) is 9.05 Å². The molecule has 0 aliphatic heterocycles. The van der Waals surface area contributed by atoms with E-state index in [1.165, 1.54) is 12.7 Å². The zero-order chi connectivity index (χ0) is 14.4. The van der Waals surface area contributed by atoms with Gasteiger partial charge in [0.15, 0.2) is 0 Å². The second-order valence-corrected chi connectivity index (χ2v) is 5.20. The Kier molecular flexibility index (Phi) is 5.28. The minimum Gasteiger partial charge on any atom is -0.263 e. The van der Waals surface area contributed by atoms with Crippen molar-refractivity contribution in [3.8, 4) is 0 Å². The van der Waals surface area contributed by atoms with Crippen molar-refractivity contribution in [2.24, 2.45) is 0 Å². The molecule has 9 nitrogen and oxygen atoms in total. The van der Waals surface area contributed by atoms with Crippen molar-refractivity contribution < 1.29 is 13.6 Å². The van der Waals surface area contributed by atoms with E-state index in [0.717, 1.165) is 0 Å². The topological polar surface area (TPSA) is 119 Å². The number of nitrogens with zero attached hydrogens (tertiary/aromatic N) is 4. The summed E-state index contributed by atoms with van der Waals surface area (Å²) in [6, 6.07) is 0. The Balaban J connectivity index is 1.71. The highest BCUT2D eigenvalue weighted by Crippen LogP contribution is 2.29. The smallest absolute Gasteiger partial charge is 0.263 e. The number of aromatic nitrogens is 6. The van der Waals surface area contributed by atoms with Crippen LogP contribution in [0.5, 0.6) is 0 Å². The van der Waals surface area contributed by atoms with Gasteiger partial charge >= 0.3 is 8.25 Å². The van der Waals surface area contributed by atoms with Gasteiger partial charge in [-0.25, -0.2) is 9.97 Å². The summed E-state index contributed by atoms with van der Waals surface area (Å²) in [6.45, 7) is 3.58. The molecule has 0 saturated heterocycles. The molecular formula is C10H16N6O3P+. The number of nitrogens with one attached hydrogen (secondary N) is 2. The summed E-state index contributed by atoms with van der Waals surface area (Å²) in [5.74, 6) is 1.35. The van der Waals surface area contributed by atoms with Crippen molar-refractivity contribution in [3.63, 3.8) is 0 Å². The lowest BCUT2D eigenvalue weighted by Gasteiger charge is -2.04. The number of rotatable bonds is 8. The highest BCUT2D eigenvalue weighted by molar-refractivity contribution is 7.33. The summed E-state index contributed by atoms with van der Waals surface area (Å²) >= 11 is 0. The van der Waals surface area contributed by atoms with Crippen LogP contribution in [-0.2, 0) is 26.5 Å². The van der Waals surface area contributed by atoms with Crippen LogP contribution in [0.2, 0.25) is 0 Å². The van der Waals surface area contributed by atoms with Gasteiger partial charge in [0, 0.05) is 17.4 Å². The molecule has 2 rings (SSSR count). The minimum atomic E-state index is -2.20. The van der Waals surface area contributed by atoms with Crippen molar-refractivity contribution >= 4 is 8.25 Å². The van der Waals surface area contributed by atoms with Crippen LogP contribution in [0.1, 0.15) is 25.5 Å². The molecule has 10 heteroatoms. The summed E-state index contributed by atoms with van der Waals surface area (Å²) in [7, 11) is -2.20. The highest BCUT2D eigenvalue weighted by atomic mass is 31.1. The van der Waals surface area contributed by atoms with Gasteiger partial charge in [0.2, 0.25) is 0 Å². The van der Waals surface area contributed by atoms with Crippen LogP contribution < -0.4 is 0 Å². The van der Waals surface area contributed by atoms with Crippen LogP contribution in [0.15, 0.2) is 12.7 Å². The maximum absolute atomic E-state index is 11.7. The molecule has 0 aromatic carbocycles. The normalized spacial score (nSPS) is 15.0. The molecule has 0 bridgehead atoms. The maximum Gasteiger partial charge on any atom is 0.697 e. The third-order valence-electron chi connectivity index (χ3n) is 2.42. The molecule has 2 unspecified atom stereocenters. The zero-order valence-corrected chi connectivity index (χ0v) is 12.1. The molecule has 108 valence electrons. The fourth-order valence-corrected chi connectivity index (χ4v) is 2.38. The van der Waals surface area contributed by atoms with Gasteiger partial charge in [0.1, 0.15) is 36.5 Å². The van der Waals surface area contributed by atoms with E-state index in [2.05, 4.69) is 30.4 Å². The Morgan fingerprint density at radius 3 is 1.85 bits per heavy atom. The van der Waals surface area contributed by atoms with Gasteiger partial charge in [-0.1, -0.05) is 0 Å². The first-order chi connectivity index (χ1) is 9.63. The first-order valence-corrected chi connectivity index (χ1v) is 7.22. The molecular weight excluding hydrogens is 283 g/mol. The number of hydrogen-bond acceptors (Lipinski definition) is 7. The first kappa shape index (κ1) is 14.7. The molecule has 0 radical (unpaired) electrons. The Bertz CT molecular complexity index is 471. The quantitative estimate of drug-likeness (QED) is 0.702. The van der Waals surface area contributed by atoms with Gasteiger partial charge in [0.05, 0.1) is 0 Å². The number of hydrogen-bond donors (Lipinski definition) is 2. The third kappa shape index (κ3) is 4.76. The largest absolute Gasteiger partial charge is 0.697 e. The molecule has 0 aliphatic carbocycles. The lowest BCUT2D eigenvalue weighted by molar-refractivity contribution is 0.143. The van der Waals surface area contributed by atoms with E-state index < -0.39 is 8.25 Å². The van der Waals surface area contributed by atoms with Crippen molar-refractivity contribution in [1.29, 1.82) is 0 Å². The minimum absolute atomic E-state index is 0.288. The molecule has 2 aromatic heterocycles. The average Bonchev–Trinajstić information content (AvgIpc) is 3.01. The molecule has 0 aliphatic rings. The SMILES string of the molecule is CC(Cc1ncn[nH]1)O[P+](=O)OC(C)Cc1ncn[nH]1. The number of aromatic amines is 2. The van der Waals surface area contributed by atoms with E-state index in [-0.39, 0.29) is 12.2 Å². The van der Waals surface area contributed by atoms with Gasteiger partial charge in [-0.15, -0.1) is 9.05 Å². The van der Waals surface area contributed by atoms with Crippen molar-refractivity contribution in [2.75, 3.05) is 0 Å². The molecule has 0 saturated carbocycles. The Morgan fingerprint density at radius 2 is 1.50 bits per heavy atom. The van der Waals surface area contributed by atoms with Crippen LogP contribution in [0.4, 0.5) is 0 Å². The fraction of sp³-hybridized carbons (Fsp3) is 0.600. The molecule has 2 N–H and O–H groups in total. The maximum atomic E-state index is 11.7. The van der Waals surface area contributed by atoms with E-state index in [1.54, 1.807) is 13.8 Å². The summed E-state index contributed by atoms with van der Waals surface area (Å²) in [4.78, 5) is 7.95. The molecule has 2 heterocycles. The predicted octanol–water partition coefficient (Wildman–Crippen LogP) is 1.18. The van der Waals surface area contributed by atoms with E-state index in [1.807, 2.05) is 0 Å². The van der Waals surface area contributed by atoms with Gasteiger partial charge in [-0.2, -0.15) is 10.2 Å². The van der Waals surface area contributed by atoms with Crippen LogP contribution >= 0.6 is 8.25 Å². The average molecular weight is 299 g/mol.